The van der Waals surface area contributed by atoms with Crippen LogP contribution in [0, 0.1) is 0 Å². The van der Waals surface area contributed by atoms with Gasteiger partial charge in [0.2, 0.25) is 0 Å². The van der Waals surface area contributed by atoms with Crippen LogP contribution in [0.25, 0.3) is 0 Å². The van der Waals surface area contributed by atoms with E-state index in [0.29, 0.717) is 11.4 Å². The third-order valence-corrected chi connectivity index (χ3v) is 3.26. The van der Waals surface area contributed by atoms with Crippen LogP contribution in [0.4, 0.5) is 5.69 Å². The SMILES string of the molecule is CN(C)CC1CCCN1C(=O)c1ncccc1N. The monoisotopic (exact) mass is 248 g/mol. The van der Waals surface area contributed by atoms with E-state index in [0.717, 1.165) is 25.9 Å². The number of rotatable bonds is 3. The van der Waals surface area contributed by atoms with Gasteiger partial charge in [0.05, 0.1) is 5.69 Å². The normalized spacial score (nSPS) is 19.5. The van der Waals surface area contributed by atoms with Gasteiger partial charge in [0.1, 0.15) is 0 Å². The van der Waals surface area contributed by atoms with Crippen LogP contribution >= 0.6 is 0 Å². The first-order chi connectivity index (χ1) is 8.59. The zero-order valence-corrected chi connectivity index (χ0v) is 11.0. The molecule has 2 N–H and O–H groups in total. The quantitative estimate of drug-likeness (QED) is 0.860. The summed E-state index contributed by atoms with van der Waals surface area (Å²) in [4.78, 5) is 20.5. The lowest BCUT2D eigenvalue weighted by atomic mass is 10.2. The number of pyridine rings is 1. The van der Waals surface area contributed by atoms with Crippen molar-refractivity contribution in [2.45, 2.75) is 18.9 Å². The van der Waals surface area contributed by atoms with Gasteiger partial charge in [0.15, 0.2) is 5.69 Å². The summed E-state index contributed by atoms with van der Waals surface area (Å²) in [5.74, 6) is -0.0440. The fraction of sp³-hybridized carbons (Fsp3) is 0.538. The smallest absolute Gasteiger partial charge is 0.274 e. The van der Waals surface area contributed by atoms with Crippen molar-refractivity contribution in [1.29, 1.82) is 0 Å². The summed E-state index contributed by atoms with van der Waals surface area (Å²) < 4.78 is 0. The van der Waals surface area contributed by atoms with Gasteiger partial charge in [-0.3, -0.25) is 4.79 Å². The Kier molecular flexibility index (Phi) is 3.81. The first-order valence-electron chi connectivity index (χ1n) is 6.26. The van der Waals surface area contributed by atoms with E-state index in [2.05, 4.69) is 9.88 Å². The van der Waals surface area contributed by atoms with Gasteiger partial charge in [0, 0.05) is 25.3 Å². The number of hydrogen-bond donors (Lipinski definition) is 1. The second-order valence-electron chi connectivity index (χ2n) is 5.00. The second-order valence-corrected chi connectivity index (χ2v) is 5.00. The topological polar surface area (TPSA) is 62.5 Å². The third kappa shape index (κ3) is 2.61. The number of nitrogen functional groups attached to an aromatic ring is 1. The van der Waals surface area contributed by atoms with Gasteiger partial charge in [-0.2, -0.15) is 0 Å². The molecule has 5 heteroatoms. The minimum atomic E-state index is -0.0440. The zero-order valence-electron chi connectivity index (χ0n) is 11.0. The van der Waals surface area contributed by atoms with E-state index >= 15 is 0 Å². The van der Waals surface area contributed by atoms with E-state index in [1.54, 1.807) is 18.3 Å². The molecular formula is C13H20N4O. The fourth-order valence-electron chi connectivity index (χ4n) is 2.45. The van der Waals surface area contributed by atoms with E-state index in [1.165, 1.54) is 0 Å². The van der Waals surface area contributed by atoms with Crippen LogP contribution in [-0.4, -0.2) is 53.9 Å². The van der Waals surface area contributed by atoms with E-state index in [1.807, 2.05) is 19.0 Å². The molecule has 0 bridgehead atoms. The van der Waals surface area contributed by atoms with Gasteiger partial charge in [-0.15, -0.1) is 0 Å². The summed E-state index contributed by atoms with van der Waals surface area (Å²) in [5.41, 5.74) is 6.65. The van der Waals surface area contributed by atoms with E-state index in [9.17, 15) is 4.79 Å². The summed E-state index contributed by atoms with van der Waals surface area (Å²) in [6.45, 7) is 1.69. The lowest BCUT2D eigenvalue weighted by molar-refractivity contribution is 0.0711. The minimum Gasteiger partial charge on any atom is -0.397 e. The van der Waals surface area contributed by atoms with Crippen molar-refractivity contribution in [1.82, 2.24) is 14.8 Å². The molecule has 1 aromatic heterocycles. The van der Waals surface area contributed by atoms with Crippen molar-refractivity contribution in [2.75, 3.05) is 32.9 Å². The first-order valence-corrected chi connectivity index (χ1v) is 6.26. The zero-order chi connectivity index (χ0) is 13.1. The van der Waals surface area contributed by atoms with Crippen molar-refractivity contribution >= 4 is 11.6 Å². The van der Waals surface area contributed by atoms with Gasteiger partial charge < -0.3 is 15.5 Å². The number of anilines is 1. The third-order valence-electron chi connectivity index (χ3n) is 3.26. The van der Waals surface area contributed by atoms with Crippen LogP contribution in [-0.2, 0) is 0 Å². The lowest BCUT2D eigenvalue weighted by Crippen LogP contribution is -2.41. The van der Waals surface area contributed by atoms with Crippen LogP contribution in [0.1, 0.15) is 23.3 Å². The Morgan fingerprint density at radius 2 is 2.39 bits per heavy atom. The van der Waals surface area contributed by atoms with Crippen LogP contribution in [0.15, 0.2) is 18.3 Å². The molecule has 18 heavy (non-hydrogen) atoms. The molecule has 98 valence electrons. The predicted octanol–water partition coefficient (Wildman–Crippen LogP) is 0.830. The number of hydrogen-bond acceptors (Lipinski definition) is 4. The molecule has 2 rings (SSSR count). The molecule has 1 aliphatic heterocycles. The number of amides is 1. The fourth-order valence-corrected chi connectivity index (χ4v) is 2.45. The molecule has 1 aromatic rings. The Balaban J connectivity index is 2.15. The summed E-state index contributed by atoms with van der Waals surface area (Å²) in [6.07, 6.45) is 3.72. The Morgan fingerprint density at radius 1 is 1.61 bits per heavy atom. The van der Waals surface area contributed by atoms with E-state index in [-0.39, 0.29) is 11.9 Å². The Hall–Kier alpha value is -1.62. The molecule has 0 spiro atoms. The lowest BCUT2D eigenvalue weighted by Gasteiger charge is -2.27. The summed E-state index contributed by atoms with van der Waals surface area (Å²) in [7, 11) is 4.05. The molecule has 0 aromatic carbocycles. The highest BCUT2D eigenvalue weighted by Gasteiger charge is 2.30. The highest BCUT2D eigenvalue weighted by atomic mass is 16.2. The standard InChI is InChI=1S/C13H20N4O/c1-16(2)9-10-5-4-8-17(10)13(18)12-11(14)6-3-7-15-12/h3,6-7,10H,4-5,8-9,14H2,1-2H3. The molecule has 1 unspecified atom stereocenters. The molecule has 1 amide bonds. The Morgan fingerprint density at radius 3 is 3.06 bits per heavy atom. The van der Waals surface area contributed by atoms with Crippen molar-refractivity contribution in [3.8, 4) is 0 Å². The molecular weight excluding hydrogens is 228 g/mol. The molecule has 0 radical (unpaired) electrons. The Labute approximate surface area is 108 Å². The number of carbonyl (C=O) groups is 1. The summed E-state index contributed by atoms with van der Waals surface area (Å²) in [5, 5.41) is 0. The molecule has 2 heterocycles. The number of likely N-dealkylation sites (tertiary alicyclic amines) is 1. The number of nitrogens with zero attached hydrogens (tertiary/aromatic N) is 3. The van der Waals surface area contributed by atoms with Gasteiger partial charge in [0.25, 0.3) is 5.91 Å². The van der Waals surface area contributed by atoms with Gasteiger partial charge in [-0.25, -0.2) is 4.98 Å². The molecule has 1 fully saturated rings. The molecule has 1 aliphatic rings. The van der Waals surface area contributed by atoms with Crippen LogP contribution in [0.2, 0.25) is 0 Å². The summed E-state index contributed by atoms with van der Waals surface area (Å²) >= 11 is 0. The molecule has 1 atom stereocenters. The largest absolute Gasteiger partial charge is 0.397 e. The number of likely N-dealkylation sites (N-methyl/N-ethyl adjacent to an activating group) is 1. The number of nitrogens with two attached hydrogens (primary N) is 1. The van der Waals surface area contributed by atoms with Crippen LogP contribution < -0.4 is 5.73 Å². The van der Waals surface area contributed by atoms with Crippen molar-refractivity contribution in [3.05, 3.63) is 24.0 Å². The van der Waals surface area contributed by atoms with Gasteiger partial charge in [-0.05, 0) is 39.1 Å². The maximum absolute atomic E-state index is 12.4. The number of carbonyl (C=O) groups excluding carboxylic acids is 1. The van der Waals surface area contributed by atoms with Crippen molar-refractivity contribution in [2.24, 2.45) is 0 Å². The number of aromatic nitrogens is 1. The highest BCUT2D eigenvalue weighted by Crippen LogP contribution is 2.21. The molecule has 5 nitrogen and oxygen atoms in total. The first kappa shape index (κ1) is 12.8. The second kappa shape index (κ2) is 5.35. The maximum atomic E-state index is 12.4. The van der Waals surface area contributed by atoms with Crippen LogP contribution in [0.5, 0.6) is 0 Å². The van der Waals surface area contributed by atoms with Crippen LogP contribution in [0.3, 0.4) is 0 Å². The van der Waals surface area contributed by atoms with Crippen molar-refractivity contribution in [3.63, 3.8) is 0 Å². The predicted molar refractivity (Wildman–Crippen MR) is 71.3 cm³/mol. The minimum absolute atomic E-state index is 0.0440. The average molecular weight is 248 g/mol. The highest BCUT2D eigenvalue weighted by molar-refractivity contribution is 5.97. The van der Waals surface area contributed by atoms with Gasteiger partial charge >= 0.3 is 0 Å². The maximum Gasteiger partial charge on any atom is 0.274 e. The van der Waals surface area contributed by atoms with E-state index in [4.69, 9.17) is 5.73 Å². The van der Waals surface area contributed by atoms with Gasteiger partial charge in [-0.1, -0.05) is 0 Å². The molecule has 0 saturated carbocycles. The molecule has 0 aliphatic carbocycles. The summed E-state index contributed by atoms with van der Waals surface area (Å²) in [6, 6.07) is 3.74. The van der Waals surface area contributed by atoms with Crippen molar-refractivity contribution < 1.29 is 4.79 Å². The molecule has 1 saturated heterocycles. The Bertz CT molecular complexity index is 433. The van der Waals surface area contributed by atoms with E-state index < -0.39 is 0 Å². The average Bonchev–Trinajstić information content (AvgIpc) is 2.76.